The van der Waals surface area contributed by atoms with Gasteiger partial charge in [0.2, 0.25) is 0 Å². The molecule has 32 valence electrons. The minimum absolute atomic E-state index is 0. The van der Waals surface area contributed by atoms with E-state index in [-0.39, 0.29) is 29.6 Å². The molecule has 0 unspecified atom stereocenters. The first kappa shape index (κ1) is 7.85. The largest absolute Gasteiger partial charge is 1.00 e. The van der Waals surface area contributed by atoms with E-state index in [1.807, 2.05) is 0 Å². The van der Waals surface area contributed by atoms with Crippen molar-refractivity contribution in [1.29, 1.82) is 0 Å². The predicted octanol–water partition coefficient (Wildman–Crippen LogP) is -1.95. The summed E-state index contributed by atoms with van der Waals surface area (Å²) in [6.07, 6.45) is 1.67. The zero-order chi connectivity index (χ0) is 4.41. The molecule has 0 aliphatic rings. The standard InChI is InChI=1S/C3H3NS2.Na/c5-3-1-4-2-6-3;/h1-2,5H;/q;+1/p-1. The molecule has 4 heteroatoms. The monoisotopic (exact) mass is 139 g/mol. The quantitative estimate of drug-likeness (QED) is 0.306. The fourth-order valence-corrected chi connectivity index (χ4v) is 0.741. The summed E-state index contributed by atoms with van der Waals surface area (Å²) in [4.78, 5) is 3.74. The van der Waals surface area contributed by atoms with E-state index in [2.05, 4.69) is 4.98 Å². The third kappa shape index (κ3) is 2.61. The second kappa shape index (κ2) is 3.80. The van der Waals surface area contributed by atoms with Crippen molar-refractivity contribution in [1.82, 2.24) is 4.98 Å². The SMILES string of the molecule is [Na+].[S-]c1cncs1. The maximum atomic E-state index is 4.70. The van der Waals surface area contributed by atoms with Crippen molar-refractivity contribution in [3.05, 3.63) is 11.7 Å². The molecule has 7 heavy (non-hydrogen) atoms. The molecule has 0 saturated carbocycles. The minimum Gasteiger partial charge on any atom is -0.426 e. The van der Waals surface area contributed by atoms with Gasteiger partial charge in [0.15, 0.2) is 0 Å². The van der Waals surface area contributed by atoms with E-state index in [1.165, 1.54) is 11.3 Å². The van der Waals surface area contributed by atoms with Crippen LogP contribution in [0.2, 0.25) is 0 Å². The molecule has 0 radical (unpaired) electrons. The van der Waals surface area contributed by atoms with Gasteiger partial charge in [0.05, 0.1) is 0 Å². The Labute approximate surface area is 73.9 Å². The van der Waals surface area contributed by atoms with Crippen molar-refractivity contribution in [3.8, 4) is 0 Å². The summed E-state index contributed by atoms with van der Waals surface area (Å²) in [7, 11) is 0. The molecule has 0 aromatic carbocycles. The van der Waals surface area contributed by atoms with Crippen LogP contribution in [0.1, 0.15) is 0 Å². The first-order chi connectivity index (χ1) is 2.89. The number of rotatable bonds is 0. The molecule has 0 spiro atoms. The van der Waals surface area contributed by atoms with Gasteiger partial charge in [-0.1, -0.05) is 0 Å². The van der Waals surface area contributed by atoms with Gasteiger partial charge in [-0.15, -0.1) is 4.21 Å². The molecule has 0 bridgehead atoms. The third-order valence-corrected chi connectivity index (χ3v) is 1.37. The molecule has 1 heterocycles. The first-order valence-corrected chi connectivity index (χ1v) is 2.74. The van der Waals surface area contributed by atoms with Crippen LogP contribution in [0.4, 0.5) is 0 Å². The van der Waals surface area contributed by atoms with Gasteiger partial charge < -0.3 is 24.0 Å². The van der Waals surface area contributed by atoms with Crippen molar-refractivity contribution in [3.63, 3.8) is 0 Å². The molecule has 0 N–H and O–H groups in total. The van der Waals surface area contributed by atoms with Crippen LogP contribution >= 0.6 is 11.3 Å². The number of nitrogens with zero attached hydrogens (tertiary/aromatic N) is 1. The van der Waals surface area contributed by atoms with Gasteiger partial charge in [-0.05, 0) is 5.51 Å². The average Bonchev–Trinajstić information content (AvgIpc) is 1.86. The number of hydrogen-bond donors (Lipinski definition) is 0. The molecule has 0 amide bonds. The van der Waals surface area contributed by atoms with Crippen LogP contribution in [-0.2, 0) is 12.6 Å². The Balaban J connectivity index is 0.000000360. The predicted molar refractivity (Wildman–Crippen MR) is 27.7 cm³/mol. The van der Waals surface area contributed by atoms with Crippen molar-refractivity contribution in [2.24, 2.45) is 0 Å². The summed E-state index contributed by atoms with van der Waals surface area (Å²) in [5.41, 5.74) is 1.72. The van der Waals surface area contributed by atoms with E-state index in [0.717, 1.165) is 4.21 Å². The van der Waals surface area contributed by atoms with E-state index in [0.29, 0.717) is 0 Å². The summed E-state index contributed by atoms with van der Waals surface area (Å²) < 4.78 is 0.856. The Morgan fingerprint density at radius 2 is 2.43 bits per heavy atom. The molecule has 0 saturated heterocycles. The van der Waals surface area contributed by atoms with Gasteiger partial charge in [-0.3, -0.25) is 4.98 Å². The van der Waals surface area contributed by atoms with Crippen LogP contribution in [-0.4, -0.2) is 4.98 Å². The summed E-state index contributed by atoms with van der Waals surface area (Å²) in [6.45, 7) is 0. The van der Waals surface area contributed by atoms with E-state index in [4.69, 9.17) is 12.6 Å². The maximum absolute atomic E-state index is 4.70. The summed E-state index contributed by atoms with van der Waals surface area (Å²) in [5, 5.41) is 0. The molecule has 1 aromatic heterocycles. The van der Waals surface area contributed by atoms with Gasteiger partial charge in [-0.2, -0.15) is 0 Å². The van der Waals surface area contributed by atoms with E-state index < -0.39 is 0 Å². The van der Waals surface area contributed by atoms with Crippen LogP contribution in [0.25, 0.3) is 0 Å². The third-order valence-electron chi connectivity index (χ3n) is 0.410. The molecule has 0 aliphatic carbocycles. The van der Waals surface area contributed by atoms with E-state index >= 15 is 0 Å². The number of aromatic nitrogens is 1. The number of hydrogen-bond acceptors (Lipinski definition) is 3. The van der Waals surface area contributed by atoms with Gasteiger partial charge >= 0.3 is 29.6 Å². The minimum atomic E-state index is 0. The second-order valence-corrected chi connectivity index (χ2v) is 2.41. The van der Waals surface area contributed by atoms with Crippen LogP contribution in [0.3, 0.4) is 0 Å². The fourth-order valence-electron chi connectivity index (χ4n) is 0.204. The normalized spacial score (nSPS) is 7.43. The van der Waals surface area contributed by atoms with Gasteiger partial charge in [0.1, 0.15) is 0 Å². The molecule has 1 nitrogen and oxygen atoms in total. The maximum Gasteiger partial charge on any atom is 1.00 e. The fraction of sp³-hybridized carbons (Fsp3) is 0. The molecule has 0 aliphatic heterocycles. The van der Waals surface area contributed by atoms with Crippen LogP contribution < -0.4 is 29.6 Å². The van der Waals surface area contributed by atoms with Crippen molar-refractivity contribution in [2.75, 3.05) is 0 Å². The molecular formula is C3H2NNaS2. The molecule has 0 atom stereocenters. The average molecular weight is 139 g/mol. The molecular weight excluding hydrogens is 137 g/mol. The Morgan fingerprint density at radius 1 is 1.71 bits per heavy atom. The summed E-state index contributed by atoms with van der Waals surface area (Å²) in [6, 6.07) is 0. The smallest absolute Gasteiger partial charge is 0.426 e. The zero-order valence-corrected chi connectivity index (χ0v) is 7.55. The van der Waals surface area contributed by atoms with Crippen molar-refractivity contribution >= 4 is 24.0 Å². The van der Waals surface area contributed by atoms with Gasteiger partial charge in [0.25, 0.3) is 0 Å². The van der Waals surface area contributed by atoms with Crippen LogP contribution in [0.5, 0.6) is 0 Å². The molecule has 0 fully saturated rings. The summed E-state index contributed by atoms with van der Waals surface area (Å²) in [5.74, 6) is 0. The Morgan fingerprint density at radius 3 is 2.57 bits per heavy atom. The second-order valence-electron chi connectivity index (χ2n) is 0.820. The first-order valence-electron chi connectivity index (χ1n) is 1.45. The van der Waals surface area contributed by atoms with Gasteiger partial charge in [-0.25, -0.2) is 0 Å². The van der Waals surface area contributed by atoms with Crippen molar-refractivity contribution < 1.29 is 29.6 Å². The van der Waals surface area contributed by atoms with Crippen molar-refractivity contribution in [2.45, 2.75) is 4.21 Å². The Kier molecular flexibility index (Phi) is 4.27. The van der Waals surface area contributed by atoms with E-state index in [9.17, 15) is 0 Å². The molecule has 1 rings (SSSR count). The number of thiazole rings is 1. The van der Waals surface area contributed by atoms with Crippen LogP contribution in [0.15, 0.2) is 15.9 Å². The molecule has 1 aromatic rings. The summed E-state index contributed by atoms with van der Waals surface area (Å²) >= 11 is 6.18. The topological polar surface area (TPSA) is 12.9 Å². The van der Waals surface area contributed by atoms with E-state index in [1.54, 1.807) is 11.7 Å². The zero-order valence-electron chi connectivity index (χ0n) is 3.92. The Hall–Kier alpha value is 0.850. The van der Waals surface area contributed by atoms with Crippen LogP contribution in [0, 0.1) is 0 Å². The van der Waals surface area contributed by atoms with Gasteiger partial charge in [0, 0.05) is 6.20 Å². The Bertz CT molecular complexity index is 116.